The van der Waals surface area contributed by atoms with Crippen LogP contribution in [0.3, 0.4) is 0 Å². The number of rotatable bonds is 9. The molecular formula is C29H27BrClN3O5. The van der Waals surface area contributed by atoms with Crippen LogP contribution >= 0.6 is 27.5 Å². The maximum atomic E-state index is 13.8. The van der Waals surface area contributed by atoms with Crippen molar-refractivity contribution in [3.63, 3.8) is 0 Å². The van der Waals surface area contributed by atoms with E-state index in [1.165, 1.54) is 18.0 Å². The van der Waals surface area contributed by atoms with Crippen LogP contribution in [-0.4, -0.2) is 36.8 Å². The molecular weight excluding hydrogens is 586 g/mol. The summed E-state index contributed by atoms with van der Waals surface area (Å²) in [4.78, 5) is 33.4. The molecule has 10 heteroatoms. The van der Waals surface area contributed by atoms with E-state index in [1.807, 2.05) is 66.4 Å². The van der Waals surface area contributed by atoms with Gasteiger partial charge < -0.3 is 19.1 Å². The van der Waals surface area contributed by atoms with E-state index in [0.29, 0.717) is 23.8 Å². The Bertz CT molecular complexity index is 1470. The molecule has 0 aliphatic carbocycles. The second-order valence-electron chi connectivity index (χ2n) is 8.72. The molecule has 1 aromatic heterocycles. The summed E-state index contributed by atoms with van der Waals surface area (Å²) < 4.78 is 17.7. The summed E-state index contributed by atoms with van der Waals surface area (Å²) in [6.07, 6.45) is 1.39. The Morgan fingerprint density at radius 2 is 1.49 bits per heavy atom. The quantitative estimate of drug-likeness (QED) is 0.216. The molecule has 1 heterocycles. The number of methoxy groups -OCH3 is 3. The molecule has 0 fully saturated rings. The van der Waals surface area contributed by atoms with E-state index in [1.54, 1.807) is 20.3 Å². The first-order valence-electron chi connectivity index (χ1n) is 11.9. The lowest BCUT2D eigenvalue weighted by Gasteiger charge is -2.26. The zero-order chi connectivity index (χ0) is 28.1. The van der Waals surface area contributed by atoms with Crippen LogP contribution in [0, 0.1) is 6.92 Å². The molecule has 0 bridgehead atoms. The molecule has 0 unspecified atom stereocenters. The number of benzene rings is 3. The molecule has 4 rings (SSSR count). The number of carbonyl (C=O) groups excluding carboxylic acids is 1. The number of ether oxygens (including phenoxy) is 3. The first-order valence-corrected chi connectivity index (χ1v) is 13.1. The van der Waals surface area contributed by atoms with Gasteiger partial charge in [0.25, 0.3) is 5.56 Å². The van der Waals surface area contributed by atoms with Crippen LogP contribution in [0.25, 0.3) is 5.69 Å². The molecule has 0 saturated heterocycles. The summed E-state index contributed by atoms with van der Waals surface area (Å²) in [6.45, 7) is 2.53. The molecule has 0 spiro atoms. The number of anilines is 1. The van der Waals surface area contributed by atoms with E-state index in [2.05, 4.69) is 20.9 Å². The van der Waals surface area contributed by atoms with Gasteiger partial charge in [0, 0.05) is 17.6 Å². The van der Waals surface area contributed by atoms with Crippen molar-refractivity contribution in [3.05, 3.63) is 109 Å². The van der Waals surface area contributed by atoms with Crippen LogP contribution in [0.4, 0.5) is 5.82 Å². The second kappa shape index (κ2) is 12.4. The smallest absolute Gasteiger partial charge is 0.347 e. The highest BCUT2D eigenvalue weighted by Crippen LogP contribution is 2.29. The molecule has 0 amide bonds. The van der Waals surface area contributed by atoms with Gasteiger partial charge in [-0.1, -0.05) is 51.8 Å². The summed E-state index contributed by atoms with van der Waals surface area (Å²) in [5.41, 5.74) is 2.24. The molecule has 0 aliphatic rings. The summed E-state index contributed by atoms with van der Waals surface area (Å²) >= 11 is 9.92. The Kier molecular flexibility index (Phi) is 8.93. The Balaban J connectivity index is 1.86. The molecule has 8 nitrogen and oxygen atoms in total. The molecule has 4 aromatic rings. The number of hydrogen-bond acceptors (Lipinski definition) is 7. The average Bonchev–Trinajstić information content (AvgIpc) is 2.93. The SMILES string of the molecule is COC(=O)c1c(N(Cc2ccc(OC)cc2)Cc2ccc(OC)cc2)ncn(-c2c(C)cc(Br)cc2Cl)c1=O. The van der Waals surface area contributed by atoms with Gasteiger partial charge in [0.15, 0.2) is 11.4 Å². The van der Waals surface area contributed by atoms with Crippen molar-refractivity contribution in [2.75, 3.05) is 26.2 Å². The van der Waals surface area contributed by atoms with Crippen molar-refractivity contribution in [3.8, 4) is 17.2 Å². The highest BCUT2D eigenvalue weighted by atomic mass is 79.9. The highest BCUT2D eigenvalue weighted by Gasteiger charge is 2.26. The minimum atomic E-state index is -0.794. The van der Waals surface area contributed by atoms with Crippen molar-refractivity contribution < 1.29 is 19.0 Å². The highest BCUT2D eigenvalue weighted by molar-refractivity contribution is 9.10. The minimum Gasteiger partial charge on any atom is -0.497 e. The van der Waals surface area contributed by atoms with Crippen LogP contribution in [0.1, 0.15) is 27.0 Å². The third-order valence-electron chi connectivity index (χ3n) is 6.17. The topological polar surface area (TPSA) is 82.9 Å². The third-order valence-corrected chi connectivity index (χ3v) is 6.91. The van der Waals surface area contributed by atoms with Gasteiger partial charge in [-0.3, -0.25) is 9.36 Å². The standard InChI is InChI=1S/C29H27BrClN3O5/c1-18-13-21(30)14-24(31)26(18)34-17-32-27(25(28(34)35)29(36)39-4)33(15-19-5-9-22(37-2)10-6-19)16-20-7-11-23(38-3)12-8-20/h5-14,17H,15-16H2,1-4H3. The predicted octanol–water partition coefficient (Wildman–Crippen LogP) is 5.97. The Morgan fingerprint density at radius 1 is 0.949 bits per heavy atom. The van der Waals surface area contributed by atoms with Crippen molar-refractivity contribution in [1.82, 2.24) is 9.55 Å². The van der Waals surface area contributed by atoms with E-state index in [9.17, 15) is 9.59 Å². The van der Waals surface area contributed by atoms with Crippen LogP contribution in [0.15, 0.2) is 76.3 Å². The number of aryl methyl sites for hydroxylation is 1. The van der Waals surface area contributed by atoms with Crippen LogP contribution in [0.2, 0.25) is 5.02 Å². The molecule has 202 valence electrons. The first-order chi connectivity index (χ1) is 18.7. The van der Waals surface area contributed by atoms with Gasteiger partial charge in [0.05, 0.1) is 32.0 Å². The van der Waals surface area contributed by atoms with Gasteiger partial charge in [-0.25, -0.2) is 9.78 Å². The summed E-state index contributed by atoms with van der Waals surface area (Å²) in [5, 5.41) is 0.336. The third kappa shape index (κ3) is 6.26. The van der Waals surface area contributed by atoms with Crippen LogP contribution in [-0.2, 0) is 17.8 Å². The van der Waals surface area contributed by atoms with E-state index in [4.69, 9.17) is 25.8 Å². The molecule has 0 radical (unpaired) electrons. The van der Waals surface area contributed by atoms with E-state index >= 15 is 0 Å². The maximum Gasteiger partial charge on any atom is 0.347 e. The number of halogens is 2. The summed E-state index contributed by atoms with van der Waals surface area (Å²) in [6, 6.07) is 18.6. The van der Waals surface area contributed by atoms with E-state index in [0.717, 1.165) is 32.7 Å². The zero-order valence-electron chi connectivity index (χ0n) is 21.9. The molecule has 0 N–H and O–H groups in total. The average molecular weight is 613 g/mol. The fourth-order valence-corrected chi connectivity index (χ4v) is 5.29. The predicted molar refractivity (Wildman–Crippen MR) is 154 cm³/mol. The Morgan fingerprint density at radius 3 is 1.95 bits per heavy atom. The van der Waals surface area contributed by atoms with Gasteiger partial charge in [0.1, 0.15) is 17.8 Å². The zero-order valence-corrected chi connectivity index (χ0v) is 24.2. The molecule has 0 atom stereocenters. The lowest BCUT2D eigenvalue weighted by Crippen LogP contribution is -2.33. The van der Waals surface area contributed by atoms with Crippen molar-refractivity contribution in [2.45, 2.75) is 20.0 Å². The van der Waals surface area contributed by atoms with E-state index in [-0.39, 0.29) is 11.4 Å². The normalized spacial score (nSPS) is 10.7. The second-order valence-corrected chi connectivity index (χ2v) is 10.0. The lowest BCUT2D eigenvalue weighted by molar-refractivity contribution is 0.0598. The number of esters is 1. The van der Waals surface area contributed by atoms with Gasteiger partial charge in [-0.15, -0.1) is 0 Å². The monoisotopic (exact) mass is 611 g/mol. The number of nitrogens with zero attached hydrogens (tertiary/aromatic N) is 3. The van der Waals surface area contributed by atoms with Crippen molar-refractivity contribution >= 4 is 39.3 Å². The summed E-state index contributed by atoms with van der Waals surface area (Å²) in [5.74, 6) is 0.842. The maximum absolute atomic E-state index is 13.8. The largest absolute Gasteiger partial charge is 0.497 e. The lowest BCUT2D eigenvalue weighted by atomic mass is 10.1. The summed E-state index contributed by atoms with van der Waals surface area (Å²) in [7, 11) is 4.44. The minimum absolute atomic E-state index is 0.194. The fraction of sp³-hybridized carbons (Fsp3) is 0.207. The van der Waals surface area contributed by atoms with Gasteiger partial charge in [-0.2, -0.15) is 0 Å². The van der Waals surface area contributed by atoms with Crippen molar-refractivity contribution in [1.29, 1.82) is 0 Å². The van der Waals surface area contributed by atoms with E-state index < -0.39 is 11.5 Å². The fourth-order valence-electron chi connectivity index (χ4n) is 4.23. The first kappa shape index (κ1) is 28.2. The number of hydrogen-bond donors (Lipinski definition) is 0. The van der Waals surface area contributed by atoms with Crippen LogP contribution < -0.4 is 19.9 Å². The van der Waals surface area contributed by atoms with Gasteiger partial charge in [-0.05, 0) is 60.0 Å². The van der Waals surface area contributed by atoms with Gasteiger partial charge in [0.2, 0.25) is 0 Å². The molecule has 0 aliphatic heterocycles. The number of aromatic nitrogens is 2. The van der Waals surface area contributed by atoms with Crippen LogP contribution in [0.5, 0.6) is 11.5 Å². The number of carbonyl (C=O) groups is 1. The Labute approximate surface area is 239 Å². The molecule has 0 saturated carbocycles. The Hall–Kier alpha value is -3.82. The van der Waals surface area contributed by atoms with Crippen molar-refractivity contribution in [2.24, 2.45) is 0 Å². The molecule has 3 aromatic carbocycles. The van der Waals surface area contributed by atoms with Gasteiger partial charge >= 0.3 is 5.97 Å². The molecule has 39 heavy (non-hydrogen) atoms.